The largest absolute Gasteiger partial charge is 0.388 e. The minimum atomic E-state index is 0.344. The molecule has 8 heavy (non-hydrogen) atoms. The molecule has 1 fully saturated rings. The molecule has 2 heteroatoms. The highest BCUT2D eigenvalue weighted by Gasteiger charge is 2.20. The fourth-order valence-electron chi connectivity index (χ4n) is 0.766. The topological polar surface area (TPSA) is 49.9 Å². The standard InChI is InChI=1S/C6H12N2/c7-6(8)4-3-5-1-2-5/h5H,1-4H2,(H3,7,8). The molecule has 0 atom stereocenters. The molecule has 0 radical (unpaired) electrons. The molecular formula is C6H12N2. The van der Waals surface area contributed by atoms with Gasteiger partial charge in [0.2, 0.25) is 0 Å². The lowest BCUT2D eigenvalue weighted by Crippen LogP contribution is -2.08. The van der Waals surface area contributed by atoms with Gasteiger partial charge in [-0.1, -0.05) is 12.8 Å². The summed E-state index contributed by atoms with van der Waals surface area (Å²) in [6.07, 6.45) is 4.70. The summed E-state index contributed by atoms with van der Waals surface area (Å²) in [4.78, 5) is 0. The second kappa shape index (κ2) is 2.16. The lowest BCUT2D eigenvalue weighted by Gasteiger charge is -1.92. The van der Waals surface area contributed by atoms with Crippen molar-refractivity contribution in [2.24, 2.45) is 11.7 Å². The van der Waals surface area contributed by atoms with E-state index in [0.717, 1.165) is 18.8 Å². The SMILES string of the molecule is N=C(N)CCC1CC1. The van der Waals surface area contributed by atoms with Crippen LogP contribution in [-0.4, -0.2) is 5.84 Å². The van der Waals surface area contributed by atoms with Gasteiger partial charge in [-0.3, -0.25) is 5.41 Å². The summed E-state index contributed by atoms with van der Waals surface area (Å²) in [6, 6.07) is 0. The molecule has 0 aromatic heterocycles. The first-order valence-corrected chi connectivity index (χ1v) is 3.12. The van der Waals surface area contributed by atoms with Crippen molar-refractivity contribution in [3.8, 4) is 0 Å². The Labute approximate surface area is 49.6 Å². The first kappa shape index (κ1) is 5.60. The molecule has 3 N–H and O–H groups in total. The minimum absolute atomic E-state index is 0.344. The van der Waals surface area contributed by atoms with Gasteiger partial charge in [0.05, 0.1) is 5.84 Å². The van der Waals surface area contributed by atoms with Crippen molar-refractivity contribution in [1.29, 1.82) is 5.41 Å². The van der Waals surface area contributed by atoms with Crippen molar-refractivity contribution in [3.05, 3.63) is 0 Å². The molecule has 1 aliphatic carbocycles. The van der Waals surface area contributed by atoms with E-state index in [4.69, 9.17) is 11.1 Å². The molecule has 0 bridgehead atoms. The van der Waals surface area contributed by atoms with E-state index >= 15 is 0 Å². The zero-order valence-corrected chi connectivity index (χ0v) is 4.98. The summed E-state index contributed by atoms with van der Waals surface area (Å²) < 4.78 is 0. The fraction of sp³-hybridized carbons (Fsp3) is 0.833. The van der Waals surface area contributed by atoms with E-state index < -0.39 is 0 Å². The van der Waals surface area contributed by atoms with Crippen molar-refractivity contribution in [2.75, 3.05) is 0 Å². The quantitative estimate of drug-likeness (QED) is 0.417. The Balaban J connectivity index is 1.95. The van der Waals surface area contributed by atoms with E-state index in [1.807, 2.05) is 0 Å². The van der Waals surface area contributed by atoms with Crippen LogP contribution in [0.1, 0.15) is 25.7 Å². The van der Waals surface area contributed by atoms with Gasteiger partial charge in [-0.15, -0.1) is 0 Å². The molecule has 2 nitrogen and oxygen atoms in total. The average Bonchev–Trinajstić information content (AvgIpc) is 2.41. The van der Waals surface area contributed by atoms with Gasteiger partial charge < -0.3 is 5.73 Å². The van der Waals surface area contributed by atoms with Crippen LogP contribution in [0.5, 0.6) is 0 Å². The van der Waals surface area contributed by atoms with Crippen LogP contribution in [0.3, 0.4) is 0 Å². The van der Waals surface area contributed by atoms with Crippen LogP contribution >= 0.6 is 0 Å². The molecule has 0 amide bonds. The Morgan fingerprint density at radius 3 is 2.62 bits per heavy atom. The fourth-order valence-corrected chi connectivity index (χ4v) is 0.766. The summed E-state index contributed by atoms with van der Waals surface area (Å²) in [6.45, 7) is 0. The van der Waals surface area contributed by atoms with Crippen LogP contribution in [0.25, 0.3) is 0 Å². The Hall–Kier alpha value is -0.530. The van der Waals surface area contributed by atoms with Crippen LogP contribution in [0.15, 0.2) is 0 Å². The van der Waals surface area contributed by atoms with E-state index in [1.165, 1.54) is 12.8 Å². The van der Waals surface area contributed by atoms with Gasteiger partial charge in [-0.25, -0.2) is 0 Å². The predicted octanol–water partition coefficient (Wildman–Crippen LogP) is 1.11. The first-order chi connectivity index (χ1) is 3.79. The van der Waals surface area contributed by atoms with Gasteiger partial charge in [-0.2, -0.15) is 0 Å². The molecule has 1 saturated carbocycles. The molecule has 0 aromatic carbocycles. The molecule has 1 rings (SSSR count). The normalized spacial score (nSPS) is 18.5. The zero-order valence-electron chi connectivity index (χ0n) is 4.98. The summed E-state index contributed by atoms with van der Waals surface area (Å²) in [7, 11) is 0. The number of nitrogens with two attached hydrogens (primary N) is 1. The zero-order chi connectivity index (χ0) is 5.98. The number of rotatable bonds is 3. The van der Waals surface area contributed by atoms with E-state index in [0.29, 0.717) is 5.84 Å². The van der Waals surface area contributed by atoms with Crippen LogP contribution in [-0.2, 0) is 0 Å². The van der Waals surface area contributed by atoms with Crippen molar-refractivity contribution in [2.45, 2.75) is 25.7 Å². The molecule has 0 aliphatic heterocycles. The molecule has 46 valence electrons. The highest BCUT2D eigenvalue weighted by Crippen LogP contribution is 2.33. The van der Waals surface area contributed by atoms with Crippen molar-refractivity contribution < 1.29 is 0 Å². The summed E-state index contributed by atoms with van der Waals surface area (Å²) in [5, 5.41) is 6.89. The molecule has 0 aromatic rings. The maximum atomic E-state index is 6.89. The van der Waals surface area contributed by atoms with Gasteiger partial charge >= 0.3 is 0 Å². The molecule has 0 saturated heterocycles. The van der Waals surface area contributed by atoms with Gasteiger partial charge in [0.25, 0.3) is 0 Å². The smallest absolute Gasteiger partial charge is 0.0905 e. The number of nitrogens with one attached hydrogen (secondary N) is 1. The number of amidine groups is 1. The van der Waals surface area contributed by atoms with Gasteiger partial charge in [-0.05, 0) is 12.3 Å². The maximum Gasteiger partial charge on any atom is 0.0905 e. The number of hydrogen-bond acceptors (Lipinski definition) is 1. The van der Waals surface area contributed by atoms with E-state index in [1.54, 1.807) is 0 Å². The van der Waals surface area contributed by atoms with Crippen LogP contribution in [0.4, 0.5) is 0 Å². The van der Waals surface area contributed by atoms with Crippen LogP contribution in [0.2, 0.25) is 0 Å². The number of hydrogen-bond donors (Lipinski definition) is 2. The Kier molecular flexibility index (Phi) is 1.51. The van der Waals surface area contributed by atoms with Gasteiger partial charge in [0.15, 0.2) is 0 Å². The van der Waals surface area contributed by atoms with Gasteiger partial charge in [0, 0.05) is 6.42 Å². The summed E-state index contributed by atoms with van der Waals surface area (Å²) in [5.41, 5.74) is 5.15. The lowest BCUT2D eigenvalue weighted by molar-refractivity contribution is 0.754. The summed E-state index contributed by atoms with van der Waals surface area (Å²) >= 11 is 0. The Morgan fingerprint density at radius 1 is 1.62 bits per heavy atom. The van der Waals surface area contributed by atoms with E-state index in [2.05, 4.69) is 0 Å². The predicted molar refractivity (Wildman–Crippen MR) is 33.9 cm³/mol. The second-order valence-corrected chi connectivity index (χ2v) is 2.51. The van der Waals surface area contributed by atoms with E-state index in [9.17, 15) is 0 Å². The molecular weight excluding hydrogens is 100 g/mol. The van der Waals surface area contributed by atoms with Crippen molar-refractivity contribution >= 4 is 5.84 Å². The molecule has 0 heterocycles. The molecule has 0 spiro atoms. The van der Waals surface area contributed by atoms with Gasteiger partial charge in [0.1, 0.15) is 0 Å². The lowest BCUT2D eigenvalue weighted by atomic mass is 10.2. The third kappa shape index (κ3) is 1.96. The Morgan fingerprint density at radius 2 is 2.25 bits per heavy atom. The van der Waals surface area contributed by atoms with Crippen molar-refractivity contribution in [1.82, 2.24) is 0 Å². The third-order valence-electron chi connectivity index (χ3n) is 1.52. The first-order valence-electron chi connectivity index (χ1n) is 3.12. The minimum Gasteiger partial charge on any atom is -0.388 e. The van der Waals surface area contributed by atoms with Crippen molar-refractivity contribution in [3.63, 3.8) is 0 Å². The summed E-state index contributed by atoms with van der Waals surface area (Å²) in [5.74, 6) is 1.26. The monoisotopic (exact) mass is 112 g/mol. The molecule has 1 aliphatic rings. The highest BCUT2D eigenvalue weighted by atomic mass is 14.7. The molecule has 0 unspecified atom stereocenters. The Bertz CT molecular complexity index is 94.7. The third-order valence-corrected chi connectivity index (χ3v) is 1.52. The van der Waals surface area contributed by atoms with E-state index in [-0.39, 0.29) is 0 Å². The second-order valence-electron chi connectivity index (χ2n) is 2.51. The van der Waals surface area contributed by atoms with Crippen LogP contribution < -0.4 is 5.73 Å². The van der Waals surface area contributed by atoms with Crippen LogP contribution in [0, 0.1) is 11.3 Å². The maximum absolute atomic E-state index is 6.89. The average molecular weight is 112 g/mol. The highest BCUT2D eigenvalue weighted by molar-refractivity contribution is 5.76.